The van der Waals surface area contributed by atoms with Crippen LogP contribution in [0.4, 0.5) is 5.69 Å². The van der Waals surface area contributed by atoms with Gasteiger partial charge in [-0.2, -0.15) is 0 Å². The van der Waals surface area contributed by atoms with Crippen molar-refractivity contribution in [1.29, 1.82) is 0 Å². The molecule has 3 aliphatic heterocycles. The highest BCUT2D eigenvalue weighted by atomic mass is 16.7. The van der Waals surface area contributed by atoms with Crippen LogP contribution in [0.3, 0.4) is 0 Å². The number of hydrogen-bond acceptors (Lipinski definition) is 17. The lowest BCUT2D eigenvalue weighted by atomic mass is 9.78. The summed E-state index contributed by atoms with van der Waals surface area (Å²) in [5, 5.41) is 58.2. The largest absolute Gasteiger partial charge is 0.459 e. The third-order valence-corrected chi connectivity index (χ3v) is 14.7. The first kappa shape index (κ1) is 58.0. The summed E-state index contributed by atoms with van der Waals surface area (Å²) < 4.78 is 44.3. The molecule has 71 heavy (non-hydrogen) atoms. The van der Waals surface area contributed by atoms with E-state index < -0.39 is 114 Å². The maximum atomic E-state index is 14.5. The molecule has 2 amide bonds. The number of benzene rings is 2. The second kappa shape index (κ2) is 24.4. The summed E-state index contributed by atoms with van der Waals surface area (Å²) in [5.41, 5.74) is -4.43. The number of carbonyl (C=O) groups excluding carboxylic acids is 4. The van der Waals surface area contributed by atoms with Gasteiger partial charge in [-0.15, -0.1) is 0 Å². The van der Waals surface area contributed by atoms with Gasteiger partial charge in [-0.05, 0) is 105 Å². The van der Waals surface area contributed by atoms with Crippen LogP contribution in [0.1, 0.15) is 101 Å². The quantitative estimate of drug-likeness (QED) is 0.106. The monoisotopic (exact) mass is 1000 g/mol. The zero-order chi connectivity index (χ0) is 52.7. The van der Waals surface area contributed by atoms with Gasteiger partial charge in [0, 0.05) is 43.8 Å². The van der Waals surface area contributed by atoms with E-state index in [1.165, 1.54) is 27.9 Å². The lowest BCUT2D eigenvalue weighted by molar-refractivity contribution is -0.318. The number of hydrogen-bond donors (Lipinski definition) is 7. The summed E-state index contributed by atoms with van der Waals surface area (Å²) in [6.07, 6.45) is -10.6. The number of fused-ring (bicyclic) bond motifs is 1. The second-order valence-electron chi connectivity index (χ2n) is 21.1. The van der Waals surface area contributed by atoms with E-state index in [1.807, 2.05) is 68.4 Å². The van der Waals surface area contributed by atoms with E-state index in [4.69, 9.17) is 33.2 Å². The molecule has 0 spiro atoms. The molecule has 0 unspecified atom stereocenters. The fraction of sp³-hybridized carbons (Fsp3) is 0.731. The zero-order valence-corrected chi connectivity index (χ0v) is 43.9. The summed E-state index contributed by atoms with van der Waals surface area (Å²) in [6.45, 7) is 16.4. The number of nitrogens with zero attached hydrogens (tertiary/aromatic N) is 1. The summed E-state index contributed by atoms with van der Waals surface area (Å²) in [4.78, 5) is 56.0. The van der Waals surface area contributed by atoms with Crippen molar-refractivity contribution in [3.63, 3.8) is 0 Å². The van der Waals surface area contributed by atoms with Crippen LogP contribution < -0.4 is 16.0 Å². The smallest absolute Gasteiger partial charge is 0.311 e. The molecule has 3 aliphatic rings. The van der Waals surface area contributed by atoms with Crippen LogP contribution in [0.2, 0.25) is 0 Å². The van der Waals surface area contributed by atoms with Crippen molar-refractivity contribution in [2.75, 3.05) is 39.6 Å². The number of aliphatic hydroxyl groups is 4. The van der Waals surface area contributed by atoms with Gasteiger partial charge in [0.1, 0.15) is 23.4 Å². The van der Waals surface area contributed by atoms with Crippen molar-refractivity contribution in [2.24, 2.45) is 17.8 Å². The van der Waals surface area contributed by atoms with Crippen LogP contribution in [0.5, 0.6) is 0 Å². The van der Waals surface area contributed by atoms with Gasteiger partial charge in [0.05, 0.1) is 60.9 Å². The minimum absolute atomic E-state index is 0.00218. The molecule has 2 aromatic carbocycles. The number of cyclic esters (lactones) is 1. The first-order valence-electron chi connectivity index (χ1n) is 25.1. The van der Waals surface area contributed by atoms with Crippen LogP contribution in [-0.2, 0) is 52.3 Å². The van der Waals surface area contributed by atoms with Gasteiger partial charge in [0.15, 0.2) is 18.7 Å². The van der Waals surface area contributed by atoms with Crippen molar-refractivity contribution in [2.45, 2.75) is 192 Å². The molecule has 18 atom stereocenters. The van der Waals surface area contributed by atoms with E-state index in [0.29, 0.717) is 12.1 Å². The Morgan fingerprint density at radius 2 is 1.58 bits per heavy atom. The number of methoxy groups -OCH3 is 1. The summed E-state index contributed by atoms with van der Waals surface area (Å²) in [6, 6.07) is 12.4. The number of likely N-dealkylation sites (N-methyl/N-ethyl adjacent to an activating group) is 1. The molecule has 3 fully saturated rings. The molecule has 19 heteroatoms. The Kier molecular flexibility index (Phi) is 20.0. The van der Waals surface area contributed by atoms with Crippen molar-refractivity contribution >= 4 is 40.2 Å². The standard InChI is InChI=1S/C52H82N4O15/c1-14-38-52(10,64)44(60)32(6)47(61)54-28(2)25-50(8,63)45(71-49-42(59)37(56(11)12)23-29(3)66-49)30(4)43(31(5)48(62)68-38)70-41-26-51(9,65-13)46(33(7)67-41)69-40(58)21-22-53-27-39(57)55-36-20-19-34-17-15-16-18-35(34)24-36/h15-20,24,28-33,37-38,41-46,49,53,59-60,63-64H,14,21-23,25-27H2,1-13H3,(H,54,61)(H,55,57)/t28-,29-,30+,31-,32-,33+,37+,38-,41+,42-,43+,44-,45-,46+,49+,50-,51-,52-/m1/s1. The fourth-order valence-electron chi connectivity index (χ4n) is 10.5. The van der Waals surface area contributed by atoms with Gasteiger partial charge < -0.3 is 74.4 Å². The number of aliphatic hydroxyl groups excluding tert-OH is 2. The number of amides is 2. The molecule has 400 valence electrons. The Balaban J connectivity index is 1.38. The van der Waals surface area contributed by atoms with Gasteiger partial charge in [-0.3, -0.25) is 19.2 Å². The Morgan fingerprint density at radius 3 is 2.23 bits per heavy atom. The minimum Gasteiger partial charge on any atom is -0.459 e. The minimum atomic E-state index is -2.07. The Hall–Kier alpha value is -3.86. The predicted molar refractivity (Wildman–Crippen MR) is 264 cm³/mol. The lowest BCUT2D eigenvalue weighted by Crippen LogP contribution is -2.61. The highest BCUT2D eigenvalue weighted by molar-refractivity contribution is 5.95. The van der Waals surface area contributed by atoms with Crippen LogP contribution >= 0.6 is 0 Å². The average Bonchev–Trinajstić information content (AvgIpc) is 3.30. The number of carbonyl (C=O) groups is 4. The van der Waals surface area contributed by atoms with Crippen molar-refractivity contribution in [3.05, 3.63) is 42.5 Å². The van der Waals surface area contributed by atoms with E-state index in [1.54, 1.807) is 41.5 Å². The van der Waals surface area contributed by atoms with Crippen LogP contribution in [0.25, 0.3) is 10.8 Å². The van der Waals surface area contributed by atoms with Crippen molar-refractivity contribution in [3.8, 4) is 0 Å². The van der Waals surface area contributed by atoms with E-state index in [-0.39, 0.29) is 56.8 Å². The maximum absolute atomic E-state index is 14.5. The van der Waals surface area contributed by atoms with Gasteiger partial charge in [-0.1, -0.05) is 51.1 Å². The third kappa shape index (κ3) is 14.3. The number of rotatable bonds is 14. The van der Waals surface area contributed by atoms with Gasteiger partial charge in [0.2, 0.25) is 11.8 Å². The SMILES string of the molecule is CC[C@H]1OC(=O)[C@H](C)[C@@H](O[C@H]2C[C@@](C)(OC)[C@@H](OC(=O)CCNCC(=O)Nc3ccc4ccccc4c3)[C@H](C)O2)[C@H](C)[C@@H](O[C@@H]2O[C@H](C)C[C@H](N(C)C)[C@H]2O)[C@](C)(O)C[C@@H](C)NC(=O)[C@H](C)[C@@H](O)[C@]1(C)O. The lowest BCUT2D eigenvalue weighted by Gasteiger charge is -2.49. The molecule has 3 heterocycles. The molecular weight excluding hydrogens is 921 g/mol. The molecule has 19 nitrogen and oxygen atoms in total. The van der Waals surface area contributed by atoms with E-state index in [9.17, 15) is 39.6 Å². The Bertz CT molecular complexity index is 2110. The molecule has 5 rings (SSSR count). The summed E-state index contributed by atoms with van der Waals surface area (Å²) in [7, 11) is 5.15. The summed E-state index contributed by atoms with van der Waals surface area (Å²) in [5.74, 6) is -5.51. The zero-order valence-electron chi connectivity index (χ0n) is 43.9. The highest BCUT2D eigenvalue weighted by Crippen LogP contribution is 2.40. The average molecular weight is 1000 g/mol. The van der Waals surface area contributed by atoms with Crippen LogP contribution in [0, 0.1) is 17.8 Å². The van der Waals surface area contributed by atoms with Gasteiger partial charge >= 0.3 is 11.9 Å². The number of nitrogens with one attached hydrogen (secondary N) is 3. The third-order valence-electron chi connectivity index (χ3n) is 14.7. The first-order chi connectivity index (χ1) is 33.2. The number of anilines is 1. The van der Waals surface area contributed by atoms with E-state index >= 15 is 0 Å². The molecule has 0 radical (unpaired) electrons. The molecule has 2 aromatic rings. The van der Waals surface area contributed by atoms with Crippen LogP contribution in [0.15, 0.2) is 42.5 Å². The van der Waals surface area contributed by atoms with Crippen molar-refractivity contribution in [1.82, 2.24) is 15.5 Å². The topological polar surface area (TPSA) is 253 Å². The van der Waals surface area contributed by atoms with E-state index in [0.717, 1.165) is 10.8 Å². The summed E-state index contributed by atoms with van der Waals surface area (Å²) >= 11 is 0. The maximum Gasteiger partial charge on any atom is 0.311 e. The molecule has 0 bridgehead atoms. The molecule has 3 saturated heterocycles. The van der Waals surface area contributed by atoms with Crippen LogP contribution in [-0.4, -0.2) is 174 Å². The first-order valence-corrected chi connectivity index (χ1v) is 25.1. The normalized spacial score (nSPS) is 38.9. The number of esters is 2. The Morgan fingerprint density at radius 1 is 0.901 bits per heavy atom. The van der Waals surface area contributed by atoms with Gasteiger partial charge in [-0.25, -0.2) is 0 Å². The molecule has 7 N–H and O–H groups in total. The highest BCUT2D eigenvalue weighted by Gasteiger charge is 2.54. The molecular formula is C52H82N4O15. The van der Waals surface area contributed by atoms with E-state index in [2.05, 4.69) is 16.0 Å². The number of ether oxygens (including phenoxy) is 7. The molecule has 0 aromatic heterocycles. The predicted octanol–water partition coefficient (Wildman–Crippen LogP) is 3.41. The molecule has 0 aliphatic carbocycles. The molecule has 0 saturated carbocycles. The fourth-order valence-corrected chi connectivity index (χ4v) is 10.5. The van der Waals surface area contributed by atoms with Crippen molar-refractivity contribution < 1.29 is 72.8 Å². The Labute approximate surface area is 418 Å². The second-order valence-corrected chi connectivity index (χ2v) is 21.1. The van der Waals surface area contributed by atoms with Gasteiger partial charge in [0.25, 0.3) is 0 Å².